The fraction of sp³-hybridized carbons (Fsp3) is 0.241. The predicted molar refractivity (Wildman–Crippen MR) is 144 cm³/mol. The molecule has 8 heteroatoms. The Balaban J connectivity index is 1.47. The lowest BCUT2D eigenvalue weighted by molar-refractivity contribution is -0.116. The van der Waals surface area contributed by atoms with E-state index in [1.165, 1.54) is 10.1 Å². The summed E-state index contributed by atoms with van der Waals surface area (Å²) in [6, 6.07) is 20.6. The number of fused-ring (bicyclic) bond motifs is 2. The average molecular weight is 500 g/mol. The summed E-state index contributed by atoms with van der Waals surface area (Å²) in [5, 5.41) is 6.98. The largest absolute Gasteiger partial charge is 0.497 e. The van der Waals surface area contributed by atoms with Crippen LogP contribution in [0.3, 0.4) is 0 Å². The molecule has 0 spiro atoms. The van der Waals surface area contributed by atoms with Gasteiger partial charge in [0.05, 0.1) is 12.6 Å². The molecule has 3 aromatic carbocycles. The Morgan fingerprint density at radius 1 is 0.946 bits per heavy atom. The first-order valence-electron chi connectivity index (χ1n) is 12.3. The number of ether oxygens (including phenoxy) is 3. The number of nitrogens with zero attached hydrogens (tertiary/aromatic N) is 1. The summed E-state index contributed by atoms with van der Waals surface area (Å²) in [5.41, 5.74) is 3.61. The van der Waals surface area contributed by atoms with Gasteiger partial charge in [0.15, 0.2) is 11.5 Å². The van der Waals surface area contributed by atoms with Gasteiger partial charge < -0.3 is 24.8 Å². The van der Waals surface area contributed by atoms with Crippen LogP contribution < -0.4 is 30.4 Å². The predicted octanol–water partition coefficient (Wildman–Crippen LogP) is 4.59. The zero-order chi connectivity index (χ0) is 25.8. The minimum absolute atomic E-state index is 0.138. The summed E-state index contributed by atoms with van der Waals surface area (Å²) in [6.07, 6.45) is 0.920. The van der Waals surface area contributed by atoms with Crippen molar-refractivity contribution in [1.29, 1.82) is 0 Å². The van der Waals surface area contributed by atoms with Crippen LogP contribution in [-0.2, 0) is 24.3 Å². The molecule has 5 rings (SSSR count). The van der Waals surface area contributed by atoms with Crippen molar-refractivity contribution < 1.29 is 19.0 Å². The molecular formula is C29H29N3O5. The second-order valence-corrected chi connectivity index (χ2v) is 8.80. The van der Waals surface area contributed by atoms with E-state index in [4.69, 9.17) is 14.2 Å². The number of carbonyl (C=O) groups excluding carboxylic acids is 1. The van der Waals surface area contributed by atoms with Crippen molar-refractivity contribution >= 4 is 28.2 Å². The van der Waals surface area contributed by atoms with Gasteiger partial charge in [-0.1, -0.05) is 19.1 Å². The minimum Gasteiger partial charge on any atom is -0.497 e. The van der Waals surface area contributed by atoms with E-state index < -0.39 is 0 Å². The lowest BCUT2D eigenvalue weighted by Crippen LogP contribution is -2.31. The van der Waals surface area contributed by atoms with E-state index in [1.54, 1.807) is 13.2 Å². The Kier molecular flexibility index (Phi) is 6.98. The van der Waals surface area contributed by atoms with E-state index in [-0.39, 0.29) is 24.6 Å². The number of hydrogen-bond donors (Lipinski definition) is 2. The Hall–Kier alpha value is -4.46. The van der Waals surface area contributed by atoms with Crippen LogP contribution in [0.25, 0.3) is 10.9 Å². The molecule has 37 heavy (non-hydrogen) atoms. The highest BCUT2D eigenvalue weighted by atomic mass is 16.6. The highest BCUT2D eigenvalue weighted by Gasteiger charge is 2.18. The second kappa shape index (κ2) is 10.7. The van der Waals surface area contributed by atoms with Gasteiger partial charge >= 0.3 is 0 Å². The Morgan fingerprint density at radius 3 is 2.30 bits per heavy atom. The molecule has 1 amide bonds. The standard InChI is InChI=1S/C29H29N3O5/c1-3-19-4-6-23(7-5-19)31-28(33)18-32-25-16-27-26(36-12-13-37-27)15-20(25)14-21(29(32)34)17-30-22-8-10-24(35-2)11-9-22/h4-11,14-16,30H,3,12-13,17-18H2,1-2H3,(H,31,33). The first-order valence-corrected chi connectivity index (χ1v) is 12.3. The van der Waals surface area contributed by atoms with Crippen LogP contribution in [0.5, 0.6) is 17.2 Å². The quantitative estimate of drug-likeness (QED) is 0.368. The number of hydrogen-bond acceptors (Lipinski definition) is 6. The third-order valence-electron chi connectivity index (χ3n) is 6.35. The Morgan fingerprint density at radius 2 is 1.62 bits per heavy atom. The van der Waals surface area contributed by atoms with Crippen molar-refractivity contribution in [2.45, 2.75) is 26.4 Å². The average Bonchev–Trinajstić information content (AvgIpc) is 2.93. The molecule has 2 N–H and O–H groups in total. The van der Waals surface area contributed by atoms with Gasteiger partial charge in [0, 0.05) is 34.9 Å². The molecule has 0 saturated heterocycles. The SMILES string of the molecule is CCc1ccc(NC(=O)Cn2c(=O)c(CNc3ccc(OC)cc3)cc3cc4c(cc32)OCCO4)cc1. The van der Waals surface area contributed by atoms with Gasteiger partial charge in [-0.2, -0.15) is 0 Å². The molecule has 0 atom stereocenters. The number of pyridine rings is 1. The molecular weight excluding hydrogens is 470 g/mol. The smallest absolute Gasteiger partial charge is 0.256 e. The van der Waals surface area contributed by atoms with E-state index in [2.05, 4.69) is 17.6 Å². The van der Waals surface area contributed by atoms with Gasteiger partial charge in [0.1, 0.15) is 25.5 Å². The van der Waals surface area contributed by atoms with E-state index in [0.717, 1.165) is 23.2 Å². The number of anilines is 2. The summed E-state index contributed by atoms with van der Waals surface area (Å²) >= 11 is 0. The number of aryl methyl sites for hydroxylation is 1. The second-order valence-electron chi connectivity index (χ2n) is 8.80. The molecule has 0 saturated carbocycles. The van der Waals surface area contributed by atoms with E-state index >= 15 is 0 Å². The zero-order valence-electron chi connectivity index (χ0n) is 20.9. The summed E-state index contributed by atoms with van der Waals surface area (Å²) < 4.78 is 18.2. The van der Waals surface area contributed by atoms with Crippen molar-refractivity contribution in [2.24, 2.45) is 0 Å². The molecule has 1 aliphatic heterocycles. The summed E-state index contributed by atoms with van der Waals surface area (Å²) in [6.45, 7) is 3.12. The maximum absolute atomic E-state index is 13.6. The molecule has 2 heterocycles. The first kappa shape index (κ1) is 24.2. The number of methoxy groups -OCH3 is 1. The lowest BCUT2D eigenvalue weighted by atomic mass is 10.1. The Bertz CT molecular complexity index is 1480. The third-order valence-corrected chi connectivity index (χ3v) is 6.35. The number of nitrogens with one attached hydrogen (secondary N) is 2. The zero-order valence-corrected chi connectivity index (χ0v) is 20.9. The van der Waals surface area contributed by atoms with Gasteiger partial charge in [-0.3, -0.25) is 14.2 Å². The fourth-order valence-corrected chi connectivity index (χ4v) is 4.33. The van der Waals surface area contributed by atoms with Gasteiger partial charge in [-0.05, 0) is 60.5 Å². The molecule has 1 aromatic heterocycles. The van der Waals surface area contributed by atoms with Crippen LogP contribution in [0.2, 0.25) is 0 Å². The molecule has 1 aliphatic rings. The van der Waals surface area contributed by atoms with Gasteiger partial charge in [-0.25, -0.2) is 0 Å². The molecule has 0 unspecified atom stereocenters. The molecule has 0 aliphatic carbocycles. The molecule has 190 valence electrons. The van der Waals surface area contributed by atoms with E-state index in [1.807, 2.05) is 60.7 Å². The molecule has 0 bridgehead atoms. The van der Waals surface area contributed by atoms with E-state index in [9.17, 15) is 9.59 Å². The normalized spacial score (nSPS) is 12.3. The van der Waals surface area contributed by atoms with Crippen molar-refractivity contribution in [3.8, 4) is 17.2 Å². The summed E-state index contributed by atoms with van der Waals surface area (Å²) in [5.74, 6) is 1.65. The van der Waals surface area contributed by atoms with E-state index in [0.29, 0.717) is 41.5 Å². The lowest BCUT2D eigenvalue weighted by Gasteiger charge is -2.21. The van der Waals surface area contributed by atoms with Crippen molar-refractivity contribution in [1.82, 2.24) is 4.57 Å². The Labute approximate surface area is 214 Å². The van der Waals surface area contributed by atoms with Crippen LogP contribution in [0.4, 0.5) is 11.4 Å². The highest BCUT2D eigenvalue weighted by molar-refractivity contribution is 5.92. The van der Waals surface area contributed by atoms with Crippen LogP contribution in [0.1, 0.15) is 18.1 Å². The maximum Gasteiger partial charge on any atom is 0.256 e. The van der Waals surface area contributed by atoms with Crippen molar-refractivity contribution in [3.63, 3.8) is 0 Å². The van der Waals surface area contributed by atoms with Gasteiger partial charge in [0.25, 0.3) is 5.56 Å². The van der Waals surface area contributed by atoms with Crippen LogP contribution in [0, 0.1) is 0 Å². The third kappa shape index (κ3) is 5.38. The fourth-order valence-electron chi connectivity index (χ4n) is 4.33. The summed E-state index contributed by atoms with van der Waals surface area (Å²) in [7, 11) is 1.61. The number of carbonyl (C=O) groups is 1. The maximum atomic E-state index is 13.6. The molecule has 0 radical (unpaired) electrons. The van der Waals surface area contributed by atoms with Gasteiger partial charge in [-0.15, -0.1) is 0 Å². The molecule has 8 nitrogen and oxygen atoms in total. The minimum atomic E-state index is -0.289. The number of aromatic nitrogens is 1. The topological polar surface area (TPSA) is 90.8 Å². The number of rotatable bonds is 8. The van der Waals surface area contributed by atoms with Crippen LogP contribution >= 0.6 is 0 Å². The van der Waals surface area contributed by atoms with Crippen molar-refractivity contribution in [3.05, 3.63) is 88.2 Å². The number of benzene rings is 3. The van der Waals surface area contributed by atoms with Crippen molar-refractivity contribution in [2.75, 3.05) is 31.0 Å². The monoisotopic (exact) mass is 499 g/mol. The highest BCUT2D eigenvalue weighted by Crippen LogP contribution is 2.34. The van der Waals surface area contributed by atoms with Gasteiger partial charge in [0.2, 0.25) is 5.91 Å². The molecule has 4 aromatic rings. The summed E-state index contributed by atoms with van der Waals surface area (Å²) in [4.78, 5) is 26.6. The van der Waals surface area contributed by atoms with Crippen LogP contribution in [0.15, 0.2) is 71.5 Å². The number of amides is 1. The molecule has 0 fully saturated rings. The first-order chi connectivity index (χ1) is 18.0. The van der Waals surface area contributed by atoms with Crippen LogP contribution in [-0.4, -0.2) is 30.8 Å².